The van der Waals surface area contributed by atoms with Crippen LogP contribution in [0.4, 0.5) is 0 Å². The fourth-order valence-electron chi connectivity index (χ4n) is 4.23. The van der Waals surface area contributed by atoms with Crippen molar-refractivity contribution in [1.82, 2.24) is 14.2 Å². The van der Waals surface area contributed by atoms with Crippen molar-refractivity contribution in [1.29, 1.82) is 0 Å². The van der Waals surface area contributed by atoms with E-state index in [-0.39, 0.29) is 6.10 Å². The third-order valence-corrected chi connectivity index (χ3v) is 9.54. The van der Waals surface area contributed by atoms with Crippen molar-refractivity contribution in [2.75, 3.05) is 26.2 Å². The molecule has 8 heteroatoms. The van der Waals surface area contributed by atoms with Gasteiger partial charge in [-0.25, -0.2) is 8.42 Å². The quantitative estimate of drug-likeness (QED) is 0.696. The van der Waals surface area contributed by atoms with Crippen LogP contribution in [0.1, 0.15) is 37.5 Å². The number of hydrogen-bond acceptors (Lipinski definition) is 6. The number of piperidine rings is 2. The van der Waals surface area contributed by atoms with Gasteiger partial charge in [-0.05, 0) is 56.4 Å². The molecule has 2 aromatic rings. The number of likely N-dealkylation sites (tertiary alicyclic amines) is 1. The van der Waals surface area contributed by atoms with Crippen LogP contribution in [0.2, 0.25) is 0 Å². The van der Waals surface area contributed by atoms with Crippen LogP contribution in [0.25, 0.3) is 0 Å². The fraction of sp³-hybridized carbons (Fsp3) is 0.571. The Kier molecular flexibility index (Phi) is 6.53. The van der Waals surface area contributed by atoms with Crippen LogP contribution in [-0.4, -0.2) is 60.9 Å². The van der Waals surface area contributed by atoms with Crippen LogP contribution in [0.3, 0.4) is 0 Å². The number of thiophene rings is 1. The monoisotopic (exact) mass is 435 g/mol. The van der Waals surface area contributed by atoms with Gasteiger partial charge in [-0.2, -0.15) is 4.31 Å². The average Bonchev–Trinajstić information content (AvgIpc) is 3.25. The normalized spacial score (nSPS) is 20.7. The van der Waals surface area contributed by atoms with E-state index >= 15 is 0 Å². The number of rotatable bonds is 6. The van der Waals surface area contributed by atoms with Gasteiger partial charge in [0, 0.05) is 49.5 Å². The first-order valence-corrected chi connectivity index (χ1v) is 12.7. The third kappa shape index (κ3) is 4.82. The minimum absolute atomic E-state index is 0.251. The predicted molar refractivity (Wildman–Crippen MR) is 115 cm³/mol. The first-order valence-electron chi connectivity index (χ1n) is 10.5. The zero-order valence-corrected chi connectivity index (χ0v) is 18.5. The Hall–Kier alpha value is -1.48. The molecule has 0 radical (unpaired) electrons. The van der Waals surface area contributed by atoms with Crippen molar-refractivity contribution < 1.29 is 13.2 Å². The van der Waals surface area contributed by atoms with E-state index in [0.29, 0.717) is 23.3 Å². The molecule has 2 saturated heterocycles. The van der Waals surface area contributed by atoms with Crippen LogP contribution < -0.4 is 4.74 Å². The molecule has 158 valence electrons. The summed E-state index contributed by atoms with van der Waals surface area (Å²) in [5, 5.41) is 0. The highest BCUT2D eigenvalue weighted by Crippen LogP contribution is 2.29. The molecule has 2 aromatic heterocycles. The molecule has 0 unspecified atom stereocenters. The molecule has 0 amide bonds. The van der Waals surface area contributed by atoms with Crippen molar-refractivity contribution >= 4 is 21.4 Å². The van der Waals surface area contributed by atoms with Gasteiger partial charge in [0.1, 0.15) is 16.1 Å². The van der Waals surface area contributed by atoms with Gasteiger partial charge in [0.25, 0.3) is 10.0 Å². The number of hydrogen-bond donors (Lipinski definition) is 0. The Labute approximate surface area is 177 Å². The lowest BCUT2D eigenvalue weighted by molar-refractivity contribution is 0.0585. The summed E-state index contributed by atoms with van der Waals surface area (Å²) in [7, 11) is -3.34. The fourth-order valence-corrected chi connectivity index (χ4v) is 7.15. The standard InChI is InChI=1S/C21H29N3O3S2/c1-2-20-3-4-21(28-20)29(25,26)24-15-7-17(8-16-24)23-13-9-19(10-14-23)27-18-5-11-22-12-6-18/h3-6,11-12,17,19H,2,7-10,13-16H2,1H3. The maximum Gasteiger partial charge on any atom is 0.252 e. The number of pyridine rings is 1. The van der Waals surface area contributed by atoms with Crippen molar-refractivity contribution in [2.45, 2.75) is 55.4 Å². The highest BCUT2D eigenvalue weighted by Gasteiger charge is 2.34. The molecule has 2 aliphatic rings. The number of nitrogens with zero attached hydrogens (tertiary/aromatic N) is 3. The van der Waals surface area contributed by atoms with Crippen molar-refractivity contribution in [3.63, 3.8) is 0 Å². The van der Waals surface area contributed by atoms with Gasteiger partial charge in [-0.3, -0.25) is 4.98 Å². The van der Waals surface area contributed by atoms with Crippen LogP contribution in [-0.2, 0) is 16.4 Å². The predicted octanol–water partition coefficient (Wildman–Crippen LogP) is 3.40. The zero-order valence-electron chi connectivity index (χ0n) is 16.9. The number of aryl methyl sites for hydroxylation is 1. The van der Waals surface area contributed by atoms with Gasteiger partial charge in [-0.1, -0.05) is 6.92 Å². The second-order valence-electron chi connectivity index (χ2n) is 7.75. The molecule has 0 saturated carbocycles. The van der Waals surface area contributed by atoms with E-state index < -0.39 is 10.0 Å². The Morgan fingerprint density at radius 1 is 1.03 bits per heavy atom. The Balaban J connectivity index is 1.27. The molecule has 4 heterocycles. The molecule has 29 heavy (non-hydrogen) atoms. The molecular formula is C21H29N3O3S2. The maximum atomic E-state index is 12.9. The highest BCUT2D eigenvalue weighted by molar-refractivity contribution is 7.91. The molecule has 4 rings (SSSR count). The third-order valence-electron chi connectivity index (χ3n) is 5.95. The van der Waals surface area contributed by atoms with Crippen molar-refractivity contribution in [3.05, 3.63) is 41.5 Å². The van der Waals surface area contributed by atoms with E-state index in [9.17, 15) is 8.42 Å². The lowest BCUT2D eigenvalue weighted by Crippen LogP contribution is -2.50. The topological polar surface area (TPSA) is 62.7 Å². The molecule has 6 nitrogen and oxygen atoms in total. The highest BCUT2D eigenvalue weighted by atomic mass is 32.2. The summed E-state index contributed by atoms with van der Waals surface area (Å²) in [6.07, 6.45) is 8.47. The van der Waals surface area contributed by atoms with Gasteiger partial charge in [0.15, 0.2) is 0 Å². The van der Waals surface area contributed by atoms with Gasteiger partial charge in [0.2, 0.25) is 0 Å². The Morgan fingerprint density at radius 3 is 2.34 bits per heavy atom. The lowest BCUT2D eigenvalue weighted by atomic mass is 10.00. The van der Waals surface area contributed by atoms with E-state index in [1.165, 1.54) is 11.3 Å². The van der Waals surface area contributed by atoms with Crippen LogP contribution in [0.15, 0.2) is 40.9 Å². The molecule has 0 N–H and O–H groups in total. The number of sulfonamides is 1. The van der Waals surface area contributed by atoms with Gasteiger partial charge in [0.05, 0.1) is 0 Å². The first kappa shape index (κ1) is 20.8. The first-order chi connectivity index (χ1) is 14.1. The Morgan fingerprint density at radius 2 is 1.72 bits per heavy atom. The summed E-state index contributed by atoms with van der Waals surface area (Å²) in [5.74, 6) is 0.886. The minimum atomic E-state index is -3.34. The van der Waals surface area contributed by atoms with Crippen LogP contribution in [0.5, 0.6) is 5.75 Å². The van der Waals surface area contributed by atoms with E-state index in [1.807, 2.05) is 18.2 Å². The summed E-state index contributed by atoms with van der Waals surface area (Å²) >= 11 is 1.41. The molecular weight excluding hydrogens is 406 g/mol. The second-order valence-corrected chi connectivity index (χ2v) is 11.1. The van der Waals surface area contributed by atoms with E-state index in [4.69, 9.17) is 4.74 Å². The number of ether oxygens (including phenoxy) is 1. The molecule has 2 aliphatic heterocycles. The van der Waals surface area contributed by atoms with Crippen LogP contribution >= 0.6 is 11.3 Å². The summed E-state index contributed by atoms with van der Waals surface area (Å²) in [5.41, 5.74) is 0. The maximum absolute atomic E-state index is 12.9. The minimum Gasteiger partial charge on any atom is -0.490 e. The smallest absolute Gasteiger partial charge is 0.252 e. The molecule has 0 aliphatic carbocycles. The summed E-state index contributed by atoms with van der Waals surface area (Å²) in [6, 6.07) is 7.97. The zero-order chi connectivity index (χ0) is 20.3. The van der Waals surface area contributed by atoms with E-state index in [0.717, 1.165) is 55.8 Å². The van der Waals surface area contributed by atoms with Crippen molar-refractivity contribution in [2.24, 2.45) is 0 Å². The lowest BCUT2D eigenvalue weighted by Gasteiger charge is -2.41. The average molecular weight is 436 g/mol. The van der Waals surface area contributed by atoms with E-state index in [1.54, 1.807) is 22.8 Å². The second kappa shape index (κ2) is 9.12. The summed E-state index contributed by atoms with van der Waals surface area (Å²) < 4.78 is 34.1. The molecule has 0 aromatic carbocycles. The van der Waals surface area contributed by atoms with Gasteiger partial charge < -0.3 is 9.64 Å². The SMILES string of the molecule is CCc1ccc(S(=O)(=O)N2CCC(N3CCC(Oc4ccncc4)CC3)CC2)s1. The van der Waals surface area contributed by atoms with Gasteiger partial charge >= 0.3 is 0 Å². The largest absolute Gasteiger partial charge is 0.490 e. The summed E-state index contributed by atoms with van der Waals surface area (Å²) in [4.78, 5) is 7.67. The molecule has 0 bridgehead atoms. The Bertz CT molecular complexity index is 885. The molecule has 0 spiro atoms. The van der Waals surface area contributed by atoms with Crippen LogP contribution in [0, 0.1) is 0 Å². The van der Waals surface area contributed by atoms with Crippen molar-refractivity contribution in [3.8, 4) is 5.75 Å². The molecule has 2 fully saturated rings. The number of aromatic nitrogens is 1. The van der Waals surface area contributed by atoms with E-state index in [2.05, 4.69) is 16.8 Å². The van der Waals surface area contributed by atoms with Gasteiger partial charge in [-0.15, -0.1) is 11.3 Å². The molecule has 0 atom stereocenters. The summed E-state index contributed by atoms with van der Waals surface area (Å²) in [6.45, 7) is 5.30.